The van der Waals surface area contributed by atoms with Crippen LogP contribution in [0.5, 0.6) is 0 Å². The summed E-state index contributed by atoms with van der Waals surface area (Å²) < 4.78 is 23.5. The van der Waals surface area contributed by atoms with E-state index >= 15 is 0 Å². The van der Waals surface area contributed by atoms with Crippen LogP contribution in [0.1, 0.15) is 18.9 Å². The highest BCUT2D eigenvalue weighted by molar-refractivity contribution is 7.95. The lowest BCUT2D eigenvalue weighted by Crippen LogP contribution is -1.93. The van der Waals surface area contributed by atoms with Crippen molar-refractivity contribution in [3.8, 4) is 0 Å². The molecular formula is C11H9ClO3S. The van der Waals surface area contributed by atoms with Crippen LogP contribution >= 0.6 is 11.6 Å². The van der Waals surface area contributed by atoms with E-state index in [9.17, 15) is 13.2 Å². The van der Waals surface area contributed by atoms with Gasteiger partial charge in [0.15, 0.2) is 0 Å². The van der Waals surface area contributed by atoms with Crippen molar-refractivity contribution in [2.24, 2.45) is 0 Å². The number of allylic oxidation sites excluding steroid dienone is 1. The molecule has 0 radical (unpaired) electrons. The number of sulfone groups is 1. The standard InChI is InChI=1S/C11H9ClO3S/c1-7(13)4-8-6-16(14,15)11-3-2-9(12)5-10(8)11/h2-3,5-6H,4H2,1H3. The fraction of sp³-hybridized carbons (Fsp3) is 0.182. The predicted molar refractivity (Wildman–Crippen MR) is 61.9 cm³/mol. The number of fused-ring (bicyclic) bond motifs is 1. The van der Waals surface area contributed by atoms with Gasteiger partial charge in [-0.3, -0.25) is 4.79 Å². The van der Waals surface area contributed by atoms with E-state index in [1.807, 2.05) is 0 Å². The third-order valence-corrected chi connectivity index (χ3v) is 4.13. The molecule has 5 heteroatoms. The molecule has 0 saturated carbocycles. The van der Waals surface area contributed by atoms with Crippen LogP contribution in [0.25, 0.3) is 5.57 Å². The molecule has 16 heavy (non-hydrogen) atoms. The van der Waals surface area contributed by atoms with Gasteiger partial charge in [-0.05, 0) is 36.3 Å². The first-order valence-electron chi connectivity index (χ1n) is 4.65. The highest BCUT2D eigenvalue weighted by atomic mass is 35.5. The van der Waals surface area contributed by atoms with Gasteiger partial charge in [-0.15, -0.1) is 0 Å². The SMILES string of the molecule is CC(=O)CC1=CS(=O)(=O)c2ccc(Cl)cc21. The maximum atomic E-state index is 11.7. The van der Waals surface area contributed by atoms with Crippen molar-refractivity contribution in [1.82, 2.24) is 0 Å². The van der Waals surface area contributed by atoms with Crippen LogP contribution in [0.2, 0.25) is 5.02 Å². The van der Waals surface area contributed by atoms with Gasteiger partial charge in [0.1, 0.15) is 5.78 Å². The number of halogens is 1. The lowest BCUT2D eigenvalue weighted by Gasteiger charge is -2.02. The molecule has 0 aromatic heterocycles. The average molecular weight is 257 g/mol. The van der Waals surface area contributed by atoms with Crippen molar-refractivity contribution in [2.45, 2.75) is 18.2 Å². The van der Waals surface area contributed by atoms with E-state index in [0.717, 1.165) is 5.41 Å². The summed E-state index contributed by atoms with van der Waals surface area (Å²) in [5.41, 5.74) is 1.06. The molecule has 0 bridgehead atoms. The zero-order valence-electron chi connectivity index (χ0n) is 8.53. The Labute approximate surface area is 98.7 Å². The molecule has 0 unspecified atom stereocenters. The highest BCUT2D eigenvalue weighted by Crippen LogP contribution is 2.36. The molecule has 0 spiro atoms. The van der Waals surface area contributed by atoms with Gasteiger partial charge in [-0.2, -0.15) is 0 Å². The molecule has 0 aliphatic carbocycles. The number of Topliss-reactive ketones (excluding diaryl/α,β-unsaturated/α-hetero) is 1. The van der Waals surface area contributed by atoms with Crippen LogP contribution in [-0.2, 0) is 14.6 Å². The van der Waals surface area contributed by atoms with Gasteiger partial charge in [0, 0.05) is 16.9 Å². The second kappa shape index (κ2) is 3.71. The van der Waals surface area contributed by atoms with Crippen molar-refractivity contribution in [3.63, 3.8) is 0 Å². The fourth-order valence-electron chi connectivity index (χ4n) is 1.72. The molecule has 0 fully saturated rings. The van der Waals surface area contributed by atoms with Gasteiger partial charge >= 0.3 is 0 Å². The number of rotatable bonds is 2. The van der Waals surface area contributed by atoms with Crippen molar-refractivity contribution < 1.29 is 13.2 Å². The summed E-state index contributed by atoms with van der Waals surface area (Å²) in [6.07, 6.45) is 0.118. The van der Waals surface area contributed by atoms with Crippen molar-refractivity contribution in [1.29, 1.82) is 0 Å². The summed E-state index contributed by atoms with van der Waals surface area (Å²) in [7, 11) is -3.39. The predicted octanol–water partition coefficient (Wildman–Crippen LogP) is 2.45. The second-order valence-corrected chi connectivity index (χ2v) is 5.91. The van der Waals surface area contributed by atoms with Crippen molar-refractivity contribution >= 4 is 32.8 Å². The molecule has 0 saturated heterocycles. The molecule has 0 atom stereocenters. The third kappa shape index (κ3) is 1.90. The molecule has 1 aliphatic rings. The Hall–Kier alpha value is -1.13. The Balaban J connectivity index is 2.61. The minimum atomic E-state index is -3.39. The van der Waals surface area contributed by atoms with E-state index in [0.29, 0.717) is 16.2 Å². The summed E-state index contributed by atoms with van der Waals surface area (Å²) in [5.74, 6) is -0.0747. The zero-order chi connectivity index (χ0) is 11.9. The minimum absolute atomic E-state index is 0.0747. The Kier molecular flexibility index (Phi) is 2.64. The number of hydrogen-bond donors (Lipinski definition) is 0. The van der Waals surface area contributed by atoms with Gasteiger partial charge < -0.3 is 0 Å². The van der Waals surface area contributed by atoms with Gasteiger partial charge in [-0.1, -0.05) is 11.6 Å². The molecule has 84 valence electrons. The molecule has 1 aliphatic heterocycles. The van der Waals surface area contributed by atoms with E-state index < -0.39 is 9.84 Å². The van der Waals surface area contributed by atoms with Gasteiger partial charge in [0.2, 0.25) is 9.84 Å². The topological polar surface area (TPSA) is 51.2 Å². The Morgan fingerprint density at radius 2 is 2.06 bits per heavy atom. The second-order valence-electron chi connectivity index (χ2n) is 3.71. The van der Waals surface area contributed by atoms with E-state index in [2.05, 4.69) is 0 Å². The molecule has 1 heterocycles. The smallest absolute Gasteiger partial charge is 0.200 e. The highest BCUT2D eigenvalue weighted by Gasteiger charge is 2.27. The van der Waals surface area contributed by atoms with Gasteiger partial charge in [-0.25, -0.2) is 8.42 Å². The molecule has 2 rings (SSSR count). The largest absolute Gasteiger partial charge is 0.300 e. The van der Waals surface area contributed by atoms with Crippen molar-refractivity contribution in [3.05, 3.63) is 34.2 Å². The molecule has 0 N–H and O–H groups in total. The average Bonchev–Trinajstić information content (AvgIpc) is 2.37. The van der Waals surface area contributed by atoms with Crippen LogP contribution in [0.15, 0.2) is 28.5 Å². The minimum Gasteiger partial charge on any atom is -0.300 e. The first kappa shape index (κ1) is 11.4. The summed E-state index contributed by atoms with van der Waals surface area (Å²) in [5, 5.41) is 1.61. The van der Waals surface area contributed by atoms with Crippen LogP contribution in [0.3, 0.4) is 0 Å². The van der Waals surface area contributed by atoms with Gasteiger partial charge in [0.05, 0.1) is 4.90 Å². The molecule has 1 aromatic rings. The monoisotopic (exact) mass is 256 g/mol. The number of hydrogen-bond acceptors (Lipinski definition) is 3. The number of carbonyl (C=O) groups excluding carboxylic acids is 1. The number of carbonyl (C=O) groups is 1. The molecule has 3 nitrogen and oxygen atoms in total. The van der Waals surface area contributed by atoms with E-state index in [4.69, 9.17) is 11.6 Å². The van der Waals surface area contributed by atoms with Crippen LogP contribution in [0.4, 0.5) is 0 Å². The van der Waals surface area contributed by atoms with E-state index in [-0.39, 0.29) is 17.1 Å². The Morgan fingerprint density at radius 3 is 2.69 bits per heavy atom. The summed E-state index contributed by atoms with van der Waals surface area (Å²) in [6.45, 7) is 1.43. The number of ketones is 1. The van der Waals surface area contributed by atoms with E-state index in [1.165, 1.54) is 19.1 Å². The van der Waals surface area contributed by atoms with Gasteiger partial charge in [0.25, 0.3) is 0 Å². The summed E-state index contributed by atoms with van der Waals surface area (Å²) in [6, 6.07) is 4.58. The Morgan fingerprint density at radius 1 is 1.38 bits per heavy atom. The van der Waals surface area contributed by atoms with Crippen LogP contribution < -0.4 is 0 Å². The summed E-state index contributed by atoms with van der Waals surface area (Å²) in [4.78, 5) is 11.3. The van der Waals surface area contributed by atoms with Crippen LogP contribution in [-0.4, -0.2) is 14.2 Å². The number of benzene rings is 1. The maximum absolute atomic E-state index is 11.7. The first-order chi connectivity index (χ1) is 7.40. The molecular weight excluding hydrogens is 248 g/mol. The summed E-state index contributed by atoms with van der Waals surface area (Å²) >= 11 is 5.81. The quantitative estimate of drug-likeness (QED) is 0.817. The normalized spacial score (nSPS) is 16.8. The first-order valence-corrected chi connectivity index (χ1v) is 6.57. The molecule has 0 amide bonds. The van der Waals surface area contributed by atoms with Crippen LogP contribution in [0, 0.1) is 0 Å². The lowest BCUT2D eigenvalue weighted by atomic mass is 10.0. The molecule has 1 aromatic carbocycles. The third-order valence-electron chi connectivity index (χ3n) is 2.33. The van der Waals surface area contributed by atoms with Crippen molar-refractivity contribution in [2.75, 3.05) is 0 Å². The van der Waals surface area contributed by atoms with E-state index in [1.54, 1.807) is 6.07 Å². The Bertz CT molecular complexity index is 600. The fourth-order valence-corrected chi connectivity index (χ4v) is 3.36. The maximum Gasteiger partial charge on any atom is 0.200 e. The zero-order valence-corrected chi connectivity index (χ0v) is 10.1. The lowest BCUT2D eigenvalue weighted by molar-refractivity contribution is -0.116.